The van der Waals surface area contributed by atoms with E-state index in [9.17, 15) is 0 Å². The fourth-order valence-corrected chi connectivity index (χ4v) is 7.68. The van der Waals surface area contributed by atoms with E-state index in [0.29, 0.717) is 0 Å². The molecule has 6 aromatic carbocycles. The van der Waals surface area contributed by atoms with Crippen molar-refractivity contribution in [1.82, 2.24) is 0 Å². The highest BCUT2D eigenvalue weighted by molar-refractivity contribution is 6.11. The predicted octanol–water partition coefficient (Wildman–Crippen LogP) is 9.54. The van der Waals surface area contributed by atoms with Crippen LogP contribution in [0.5, 0.6) is 0 Å². The summed E-state index contributed by atoms with van der Waals surface area (Å²) >= 11 is 0. The molecule has 4 heterocycles. The molecule has 1 spiro atoms. The number of rotatable bonds is 0. The number of nitrogens with zero attached hydrogens (tertiary/aromatic N) is 4. The zero-order valence-electron chi connectivity index (χ0n) is 22.1. The van der Waals surface area contributed by atoms with Crippen molar-refractivity contribution >= 4 is 45.5 Å². The molecule has 0 N–H and O–H groups in total. The molecule has 0 aliphatic carbocycles. The van der Waals surface area contributed by atoms with Gasteiger partial charge in [-0.25, -0.2) is 0 Å². The molecule has 192 valence electrons. The lowest BCUT2D eigenvalue weighted by molar-refractivity contribution is 0.484. The molecule has 0 atom stereocenters. The molecule has 0 unspecified atom stereocenters. The van der Waals surface area contributed by atoms with Crippen LogP contribution in [-0.4, -0.2) is 5.91 Å². The fraction of sp³-hybridized carbons (Fsp3) is 0.0270. The van der Waals surface area contributed by atoms with E-state index in [0.717, 1.165) is 0 Å². The second-order valence-electron chi connectivity index (χ2n) is 11.0. The highest BCUT2D eigenvalue weighted by atomic mass is 15.8. The Morgan fingerprint density at radius 1 is 0.244 bits per heavy atom. The van der Waals surface area contributed by atoms with Gasteiger partial charge >= 0.3 is 0 Å². The third-order valence-electron chi connectivity index (χ3n) is 9.09. The molecule has 4 heteroatoms. The lowest BCUT2D eigenvalue weighted by Gasteiger charge is -2.51. The van der Waals surface area contributed by atoms with E-state index < -0.39 is 5.91 Å². The zero-order valence-corrected chi connectivity index (χ0v) is 22.1. The fourth-order valence-electron chi connectivity index (χ4n) is 7.68. The lowest BCUT2D eigenvalue weighted by Crippen LogP contribution is -2.69. The quantitative estimate of drug-likeness (QED) is 0.196. The number of anilines is 8. The van der Waals surface area contributed by atoms with Gasteiger partial charge in [0.2, 0.25) is 0 Å². The third-order valence-corrected chi connectivity index (χ3v) is 9.09. The number of hydrogen-bond acceptors (Lipinski definition) is 4. The average Bonchev–Trinajstić information content (AvgIpc) is 3.41. The van der Waals surface area contributed by atoms with Gasteiger partial charge in [-0.05, 0) is 48.5 Å². The van der Waals surface area contributed by atoms with Crippen LogP contribution in [0.15, 0.2) is 146 Å². The molecule has 0 fully saturated rings. The third kappa shape index (κ3) is 2.35. The van der Waals surface area contributed by atoms with Gasteiger partial charge in [0.1, 0.15) is 0 Å². The number of hydrogen-bond donors (Lipinski definition) is 0. The first kappa shape index (κ1) is 21.4. The van der Waals surface area contributed by atoms with E-state index in [2.05, 4.69) is 165 Å². The van der Waals surface area contributed by atoms with Crippen molar-refractivity contribution in [2.24, 2.45) is 0 Å². The van der Waals surface area contributed by atoms with Gasteiger partial charge in [0, 0.05) is 22.3 Å². The molecular formula is C37H24N4. The maximum Gasteiger partial charge on any atom is 0.295 e. The van der Waals surface area contributed by atoms with E-state index in [-0.39, 0.29) is 0 Å². The van der Waals surface area contributed by atoms with Gasteiger partial charge in [0.25, 0.3) is 5.91 Å². The number of para-hydroxylation sites is 8. The van der Waals surface area contributed by atoms with Gasteiger partial charge in [-0.3, -0.25) is 19.6 Å². The molecule has 6 aromatic rings. The SMILES string of the molecule is c1ccc2c(c1)-c1ccccc1N1c3ccccc3N3c4ccccc4-c4ccccc4N4c5ccccc5N2C413. The second kappa shape index (κ2) is 7.38. The number of fused-ring (bicyclic) bond motifs is 16. The van der Waals surface area contributed by atoms with Crippen molar-refractivity contribution in [3.05, 3.63) is 146 Å². The predicted molar refractivity (Wildman–Crippen MR) is 168 cm³/mol. The minimum Gasteiger partial charge on any atom is -0.279 e. The van der Waals surface area contributed by atoms with Gasteiger partial charge < -0.3 is 0 Å². The first-order valence-electron chi connectivity index (χ1n) is 14.1. The summed E-state index contributed by atoms with van der Waals surface area (Å²) in [5.74, 6) is -0.793. The standard InChI is InChI=1S/C37H24N4/c1-5-17-29-25(13-1)26-14-2-6-18-30(26)39-35-23-11-12-24-36(35)41-32-20-8-4-16-28(32)27-15-3-7-19-31(27)40-34-22-10-9-21-33(34)38(29)37(39,40)41/h1-24H. The molecular weight excluding hydrogens is 500 g/mol. The van der Waals surface area contributed by atoms with E-state index in [4.69, 9.17) is 0 Å². The maximum absolute atomic E-state index is 2.58. The largest absolute Gasteiger partial charge is 0.295 e. The molecule has 0 saturated carbocycles. The Labute approximate surface area is 238 Å². The van der Waals surface area contributed by atoms with Crippen LogP contribution in [0.3, 0.4) is 0 Å². The highest BCUT2D eigenvalue weighted by Crippen LogP contribution is 2.69. The van der Waals surface area contributed by atoms with Crippen LogP contribution in [0, 0.1) is 0 Å². The van der Waals surface area contributed by atoms with Crippen LogP contribution in [0.1, 0.15) is 0 Å². The molecule has 0 aromatic heterocycles. The first-order chi connectivity index (χ1) is 20.4. The lowest BCUT2D eigenvalue weighted by atomic mass is 10.00. The van der Waals surface area contributed by atoms with E-state index >= 15 is 0 Å². The zero-order chi connectivity index (χ0) is 26.7. The summed E-state index contributed by atoms with van der Waals surface area (Å²) in [5.41, 5.74) is 14.4. The minimum absolute atomic E-state index is 0.793. The summed E-state index contributed by atoms with van der Waals surface area (Å²) in [6.07, 6.45) is 0. The van der Waals surface area contributed by atoms with Crippen LogP contribution in [-0.2, 0) is 0 Å². The van der Waals surface area contributed by atoms with Crippen LogP contribution in [0.2, 0.25) is 0 Å². The summed E-state index contributed by atoms with van der Waals surface area (Å²) in [7, 11) is 0. The summed E-state index contributed by atoms with van der Waals surface area (Å²) in [4.78, 5) is 10.3. The molecule has 0 radical (unpaired) electrons. The molecule has 4 aliphatic heterocycles. The van der Waals surface area contributed by atoms with E-state index in [1.54, 1.807) is 0 Å². The van der Waals surface area contributed by atoms with E-state index in [1.807, 2.05) is 0 Å². The molecule has 4 nitrogen and oxygen atoms in total. The summed E-state index contributed by atoms with van der Waals surface area (Å²) < 4.78 is 0. The van der Waals surface area contributed by atoms with Gasteiger partial charge in [-0.15, -0.1) is 0 Å². The monoisotopic (exact) mass is 524 g/mol. The topological polar surface area (TPSA) is 13.0 Å². The van der Waals surface area contributed by atoms with E-state index in [1.165, 1.54) is 67.8 Å². The molecule has 10 rings (SSSR count). The second-order valence-corrected chi connectivity index (χ2v) is 11.0. The summed E-state index contributed by atoms with van der Waals surface area (Å²) in [6.45, 7) is 0. The smallest absolute Gasteiger partial charge is 0.279 e. The van der Waals surface area contributed by atoms with Crippen molar-refractivity contribution in [3.8, 4) is 22.3 Å². The Kier molecular flexibility index (Phi) is 3.84. The van der Waals surface area contributed by atoms with Crippen LogP contribution in [0.4, 0.5) is 45.5 Å². The van der Waals surface area contributed by atoms with Crippen molar-refractivity contribution in [3.63, 3.8) is 0 Å². The normalized spacial score (nSPS) is 15.8. The Bertz CT molecular complexity index is 1770. The maximum atomic E-state index is 2.58. The minimum atomic E-state index is -0.793. The first-order valence-corrected chi connectivity index (χ1v) is 14.1. The van der Waals surface area contributed by atoms with Crippen molar-refractivity contribution in [2.45, 2.75) is 5.91 Å². The van der Waals surface area contributed by atoms with Crippen molar-refractivity contribution in [1.29, 1.82) is 0 Å². The average molecular weight is 525 g/mol. The molecule has 41 heavy (non-hydrogen) atoms. The van der Waals surface area contributed by atoms with Gasteiger partial charge in [0.15, 0.2) is 0 Å². The van der Waals surface area contributed by atoms with Gasteiger partial charge in [-0.1, -0.05) is 97.1 Å². The van der Waals surface area contributed by atoms with Crippen LogP contribution in [0.25, 0.3) is 22.3 Å². The van der Waals surface area contributed by atoms with Crippen molar-refractivity contribution in [2.75, 3.05) is 19.6 Å². The summed E-state index contributed by atoms with van der Waals surface area (Å²) in [5, 5.41) is 0. The Morgan fingerprint density at radius 2 is 0.439 bits per heavy atom. The Morgan fingerprint density at radius 3 is 0.683 bits per heavy atom. The number of benzene rings is 6. The van der Waals surface area contributed by atoms with Gasteiger partial charge in [0.05, 0.1) is 45.5 Å². The molecule has 0 bridgehead atoms. The molecule has 0 amide bonds. The summed E-state index contributed by atoms with van der Waals surface area (Å²) in [6, 6.07) is 53.3. The molecule has 0 saturated heterocycles. The van der Waals surface area contributed by atoms with Crippen LogP contribution >= 0.6 is 0 Å². The van der Waals surface area contributed by atoms with Gasteiger partial charge in [-0.2, -0.15) is 0 Å². The highest BCUT2D eigenvalue weighted by Gasteiger charge is 2.67. The molecule has 4 aliphatic rings. The van der Waals surface area contributed by atoms with Crippen LogP contribution < -0.4 is 19.6 Å². The Balaban J connectivity index is 1.49. The van der Waals surface area contributed by atoms with Crippen molar-refractivity contribution < 1.29 is 0 Å². The Hall–Kier alpha value is -5.48.